The molecule has 0 fully saturated rings. The molecule has 0 amide bonds. The molecule has 0 aliphatic heterocycles. The van der Waals surface area contributed by atoms with Crippen LogP contribution in [0.5, 0.6) is 5.75 Å². The maximum Gasteiger partial charge on any atom is 0.311 e. The first-order chi connectivity index (χ1) is 8.15. The van der Waals surface area contributed by atoms with Crippen molar-refractivity contribution in [3.8, 4) is 5.75 Å². The quantitative estimate of drug-likeness (QED) is 0.418. The van der Waals surface area contributed by atoms with Crippen LogP contribution in [-0.2, 0) is 0 Å². The van der Waals surface area contributed by atoms with Gasteiger partial charge in [-0.3, -0.25) is 10.1 Å². The number of rotatable bonds is 7. The van der Waals surface area contributed by atoms with Crippen LogP contribution in [0.15, 0.2) is 18.2 Å². The molecule has 4 nitrogen and oxygen atoms in total. The Morgan fingerprint density at radius 1 is 1.35 bits per heavy atom. The minimum absolute atomic E-state index is 0.0371. The normalized spacial score (nSPS) is 10.2. The zero-order chi connectivity index (χ0) is 12.7. The van der Waals surface area contributed by atoms with E-state index in [-0.39, 0.29) is 11.4 Å². The summed E-state index contributed by atoms with van der Waals surface area (Å²) in [5.41, 5.74) is -0.0371. The molecule has 1 rings (SSSR count). The molecular formula is C12H16ClNO3. The maximum absolute atomic E-state index is 10.8. The first-order valence-corrected chi connectivity index (χ1v) is 6.09. The van der Waals surface area contributed by atoms with Crippen LogP contribution in [0.2, 0.25) is 5.02 Å². The molecule has 0 unspecified atom stereocenters. The number of benzene rings is 1. The van der Waals surface area contributed by atoms with Gasteiger partial charge in [-0.25, -0.2) is 0 Å². The highest BCUT2D eigenvalue weighted by Crippen LogP contribution is 2.30. The number of hydrogen-bond acceptors (Lipinski definition) is 3. The maximum atomic E-state index is 10.8. The second-order valence-electron chi connectivity index (χ2n) is 3.78. The van der Waals surface area contributed by atoms with Crippen LogP contribution in [0.1, 0.15) is 32.6 Å². The van der Waals surface area contributed by atoms with Crippen LogP contribution in [0, 0.1) is 10.1 Å². The fraction of sp³-hybridized carbons (Fsp3) is 0.500. The van der Waals surface area contributed by atoms with E-state index in [1.807, 2.05) is 0 Å². The minimum atomic E-state index is -0.461. The third-order valence-electron chi connectivity index (χ3n) is 2.37. The first-order valence-electron chi connectivity index (χ1n) is 5.72. The lowest BCUT2D eigenvalue weighted by Crippen LogP contribution is -2.00. The lowest BCUT2D eigenvalue weighted by molar-refractivity contribution is -0.385. The van der Waals surface area contributed by atoms with Crippen molar-refractivity contribution >= 4 is 17.3 Å². The molecule has 0 N–H and O–H groups in total. The fourth-order valence-corrected chi connectivity index (χ4v) is 1.63. The standard InChI is InChI=1S/C12H16ClNO3/c1-2-3-4-5-8-17-12-9-10(13)6-7-11(12)14(15)16/h6-7,9H,2-5,8H2,1H3. The van der Waals surface area contributed by atoms with Crippen molar-refractivity contribution in [2.75, 3.05) is 6.61 Å². The molecule has 5 heteroatoms. The summed E-state index contributed by atoms with van der Waals surface area (Å²) in [5.74, 6) is 0.249. The van der Waals surface area contributed by atoms with E-state index in [4.69, 9.17) is 16.3 Å². The molecule has 1 aromatic rings. The van der Waals surface area contributed by atoms with E-state index in [0.717, 1.165) is 25.7 Å². The summed E-state index contributed by atoms with van der Waals surface area (Å²) in [7, 11) is 0. The Kier molecular flexibility index (Phi) is 5.77. The highest BCUT2D eigenvalue weighted by molar-refractivity contribution is 6.30. The monoisotopic (exact) mass is 257 g/mol. The van der Waals surface area contributed by atoms with Crippen LogP contribution in [-0.4, -0.2) is 11.5 Å². The van der Waals surface area contributed by atoms with Gasteiger partial charge in [0.25, 0.3) is 0 Å². The Hall–Kier alpha value is -1.29. The predicted molar refractivity (Wildman–Crippen MR) is 67.7 cm³/mol. The second kappa shape index (κ2) is 7.12. The molecule has 0 radical (unpaired) electrons. The van der Waals surface area contributed by atoms with Gasteiger partial charge < -0.3 is 4.74 Å². The highest BCUT2D eigenvalue weighted by Gasteiger charge is 2.14. The van der Waals surface area contributed by atoms with E-state index in [1.165, 1.54) is 18.2 Å². The Labute approximate surface area is 106 Å². The summed E-state index contributed by atoms with van der Waals surface area (Å²) in [4.78, 5) is 10.3. The SMILES string of the molecule is CCCCCCOc1cc(Cl)ccc1[N+](=O)[O-]. The minimum Gasteiger partial charge on any atom is -0.487 e. The molecule has 0 aliphatic rings. The molecule has 94 valence electrons. The summed E-state index contributed by atoms with van der Waals surface area (Å²) in [6, 6.07) is 4.34. The molecule has 0 bridgehead atoms. The molecule has 1 aromatic carbocycles. The van der Waals surface area contributed by atoms with Crippen molar-refractivity contribution in [1.29, 1.82) is 0 Å². The van der Waals surface area contributed by atoms with Crippen molar-refractivity contribution in [3.05, 3.63) is 33.3 Å². The van der Waals surface area contributed by atoms with E-state index in [2.05, 4.69) is 6.92 Å². The Morgan fingerprint density at radius 3 is 2.76 bits per heavy atom. The van der Waals surface area contributed by atoms with Crippen LogP contribution in [0.4, 0.5) is 5.69 Å². The molecule has 0 saturated heterocycles. The Bertz CT molecular complexity index is 382. The zero-order valence-electron chi connectivity index (χ0n) is 9.82. The summed E-state index contributed by atoms with van der Waals surface area (Å²) < 4.78 is 5.40. The zero-order valence-corrected chi connectivity index (χ0v) is 10.6. The first kappa shape index (κ1) is 13.8. The summed E-state index contributed by atoms with van der Waals surface area (Å²) in [6.07, 6.45) is 4.28. The number of ether oxygens (including phenoxy) is 1. The smallest absolute Gasteiger partial charge is 0.311 e. The topological polar surface area (TPSA) is 52.4 Å². The summed E-state index contributed by atoms with van der Waals surface area (Å²) in [5, 5.41) is 11.2. The van der Waals surface area contributed by atoms with Gasteiger partial charge >= 0.3 is 5.69 Å². The number of nitro benzene ring substituents is 1. The lowest BCUT2D eigenvalue weighted by atomic mass is 10.2. The molecule has 0 saturated carbocycles. The van der Waals surface area contributed by atoms with Crippen LogP contribution < -0.4 is 4.74 Å². The second-order valence-corrected chi connectivity index (χ2v) is 4.21. The van der Waals surface area contributed by atoms with Crippen molar-refractivity contribution in [2.24, 2.45) is 0 Å². The van der Waals surface area contributed by atoms with Crippen molar-refractivity contribution in [3.63, 3.8) is 0 Å². The van der Waals surface area contributed by atoms with Crippen LogP contribution in [0.3, 0.4) is 0 Å². The highest BCUT2D eigenvalue weighted by atomic mass is 35.5. The average molecular weight is 258 g/mol. The van der Waals surface area contributed by atoms with Crippen LogP contribution >= 0.6 is 11.6 Å². The van der Waals surface area contributed by atoms with Crippen molar-refractivity contribution in [2.45, 2.75) is 32.6 Å². The molecule has 17 heavy (non-hydrogen) atoms. The van der Waals surface area contributed by atoms with Crippen molar-refractivity contribution in [1.82, 2.24) is 0 Å². The largest absolute Gasteiger partial charge is 0.487 e. The third-order valence-corrected chi connectivity index (χ3v) is 2.61. The average Bonchev–Trinajstić information content (AvgIpc) is 2.28. The Balaban J connectivity index is 2.56. The number of hydrogen-bond donors (Lipinski definition) is 0. The predicted octanol–water partition coefficient (Wildman–Crippen LogP) is 4.21. The van der Waals surface area contributed by atoms with Gasteiger partial charge in [0, 0.05) is 17.2 Å². The fourth-order valence-electron chi connectivity index (χ4n) is 1.47. The molecule has 0 aliphatic carbocycles. The number of halogens is 1. The molecule has 0 spiro atoms. The molecule has 0 atom stereocenters. The summed E-state index contributed by atoms with van der Waals surface area (Å²) >= 11 is 5.78. The number of unbranched alkanes of at least 4 members (excludes halogenated alkanes) is 3. The van der Waals surface area contributed by atoms with Gasteiger partial charge in [-0.05, 0) is 12.5 Å². The van der Waals surface area contributed by atoms with Crippen LogP contribution in [0.25, 0.3) is 0 Å². The molecule has 0 aromatic heterocycles. The molecule has 0 heterocycles. The van der Waals surface area contributed by atoms with E-state index < -0.39 is 4.92 Å². The van der Waals surface area contributed by atoms with E-state index >= 15 is 0 Å². The third kappa shape index (κ3) is 4.61. The van der Waals surface area contributed by atoms with Gasteiger partial charge in [0.15, 0.2) is 5.75 Å². The number of nitro groups is 1. The van der Waals surface area contributed by atoms with E-state index in [0.29, 0.717) is 11.6 Å². The van der Waals surface area contributed by atoms with Gasteiger partial charge in [-0.15, -0.1) is 0 Å². The van der Waals surface area contributed by atoms with Gasteiger partial charge in [-0.1, -0.05) is 37.8 Å². The van der Waals surface area contributed by atoms with Gasteiger partial charge in [-0.2, -0.15) is 0 Å². The molecular weight excluding hydrogens is 242 g/mol. The Morgan fingerprint density at radius 2 is 2.12 bits per heavy atom. The van der Waals surface area contributed by atoms with Gasteiger partial charge in [0.2, 0.25) is 0 Å². The lowest BCUT2D eigenvalue weighted by Gasteiger charge is -2.06. The van der Waals surface area contributed by atoms with Gasteiger partial charge in [0.05, 0.1) is 11.5 Å². The van der Waals surface area contributed by atoms with E-state index in [1.54, 1.807) is 0 Å². The summed E-state index contributed by atoms with van der Waals surface area (Å²) in [6.45, 7) is 2.61. The number of nitrogens with zero attached hydrogens (tertiary/aromatic N) is 1. The van der Waals surface area contributed by atoms with Crippen molar-refractivity contribution < 1.29 is 9.66 Å². The van der Waals surface area contributed by atoms with Gasteiger partial charge in [0.1, 0.15) is 0 Å². The van der Waals surface area contributed by atoms with E-state index in [9.17, 15) is 10.1 Å².